The molecule has 0 amide bonds. The van der Waals surface area contributed by atoms with Crippen molar-refractivity contribution in [3.63, 3.8) is 0 Å². The summed E-state index contributed by atoms with van der Waals surface area (Å²) >= 11 is 0. The standard InChI is InChI=1S/C15H8F2N4/c16-8-5-6-11-14(13(8)17)21-15(20-11)12-7-18-9-3-1-2-4-10(9)19-12/h1-7H,(H,20,21). The number of nitrogens with one attached hydrogen (secondary N) is 1. The van der Waals surface area contributed by atoms with Gasteiger partial charge in [0.1, 0.15) is 11.2 Å². The van der Waals surface area contributed by atoms with Gasteiger partial charge in [-0.05, 0) is 24.3 Å². The van der Waals surface area contributed by atoms with Crippen molar-refractivity contribution >= 4 is 22.1 Å². The van der Waals surface area contributed by atoms with E-state index in [1.165, 1.54) is 6.07 Å². The van der Waals surface area contributed by atoms with Gasteiger partial charge in [-0.3, -0.25) is 4.98 Å². The highest BCUT2D eigenvalue weighted by molar-refractivity contribution is 5.81. The van der Waals surface area contributed by atoms with E-state index in [1.807, 2.05) is 24.3 Å². The summed E-state index contributed by atoms with van der Waals surface area (Å²) in [5.41, 5.74) is 2.32. The van der Waals surface area contributed by atoms with Gasteiger partial charge in [0, 0.05) is 0 Å². The highest BCUT2D eigenvalue weighted by atomic mass is 19.2. The van der Waals surface area contributed by atoms with E-state index in [2.05, 4.69) is 19.9 Å². The van der Waals surface area contributed by atoms with Crippen LogP contribution in [0.5, 0.6) is 0 Å². The molecule has 0 aliphatic carbocycles. The average Bonchev–Trinajstić information content (AvgIpc) is 2.95. The molecule has 0 unspecified atom stereocenters. The fourth-order valence-electron chi connectivity index (χ4n) is 2.21. The maximum atomic E-state index is 13.7. The molecule has 102 valence electrons. The highest BCUT2D eigenvalue weighted by Crippen LogP contribution is 2.23. The van der Waals surface area contributed by atoms with Gasteiger partial charge in [0.05, 0.1) is 22.7 Å². The highest BCUT2D eigenvalue weighted by Gasteiger charge is 2.14. The Morgan fingerprint density at radius 1 is 0.905 bits per heavy atom. The Morgan fingerprint density at radius 3 is 2.57 bits per heavy atom. The van der Waals surface area contributed by atoms with E-state index in [-0.39, 0.29) is 5.52 Å². The Bertz CT molecular complexity index is 978. The third-order valence-corrected chi connectivity index (χ3v) is 3.24. The first-order chi connectivity index (χ1) is 10.2. The third kappa shape index (κ3) is 1.84. The minimum atomic E-state index is -0.969. The smallest absolute Gasteiger partial charge is 0.186 e. The van der Waals surface area contributed by atoms with E-state index in [4.69, 9.17) is 0 Å². The molecule has 0 saturated carbocycles. The third-order valence-electron chi connectivity index (χ3n) is 3.24. The monoisotopic (exact) mass is 282 g/mol. The fourth-order valence-corrected chi connectivity index (χ4v) is 2.21. The molecule has 0 saturated heterocycles. The number of para-hydroxylation sites is 2. The largest absolute Gasteiger partial charge is 0.336 e. The molecule has 0 bridgehead atoms. The lowest BCUT2D eigenvalue weighted by atomic mass is 10.3. The number of aromatic nitrogens is 4. The Kier molecular flexibility index (Phi) is 2.44. The number of H-pyrrole nitrogens is 1. The molecular weight excluding hydrogens is 274 g/mol. The molecule has 2 heterocycles. The van der Waals surface area contributed by atoms with Crippen molar-refractivity contribution in [3.05, 3.63) is 54.2 Å². The number of rotatable bonds is 1. The van der Waals surface area contributed by atoms with Crippen molar-refractivity contribution < 1.29 is 8.78 Å². The SMILES string of the molecule is Fc1ccc2[nH]c(-c3cnc4ccccc4n3)nc2c1F. The van der Waals surface area contributed by atoms with Crippen molar-refractivity contribution in [3.8, 4) is 11.5 Å². The van der Waals surface area contributed by atoms with Gasteiger partial charge in [0.25, 0.3) is 0 Å². The number of hydrogen-bond acceptors (Lipinski definition) is 3. The summed E-state index contributed by atoms with van der Waals surface area (Å²) in [6.07, 6.45) is 1.55. The van der Waals surface area contributed by atoms with Crippen LogP contribution in [0.3, 0.4) is 0 Å². The topological polar surface area (TPSA) is 54.5 Å². The molecule has 21 heavy (non-hydrogen) atoms. The zero-order valence-electron chi connectivity index (χ0n) is 10.6. The van der Waals surface area contributed by atoms with E-state index in [1.54, 1.807) is 6.20 Å². The molecule has 1 N–H and O–H groups in total. The molecule has 0 atom stereocenters. The van der Waals surface area contributed by atoms with E-state index in [0.29, 0.717) is 22.6 Å². The molecule has 6 heteroatoms. The number of nitrogens with zero attached hydrogens (tertiary/aromatic N) is 3. The fraction of sp³-hybridized carbons (Fsp3) is 0. The summed E-state index contributed by atoms with van der Waals surface area (Å²) in [5, 5.41) is 0. The number of hydrogen-bond donors (Lipinski definition) is 1. The van der Waals surface area contributed by atoms with Gasteiger partial charge < -0.3 is 4.98 Å². The van der Waals surface area contributed by atoms with Crippen LogP contribution < -0.4 is 0 Å². The minimum absolute atomic E-state index is 0.0417. The minimum Gasteiger partial charge on any atom is -0.336 e. The van der Waals surface area contributed by atoms with Crippen molar-refractivity contribution in [1.29, 1.82) is 0 Å². The predicted molar refractivity (Wildman–Crippen MR) is 74.5 cm³/mol. The molecule has 2 aromatic heterocycles. The Balaban J connectivity index is 1.93. The zero-order chi connectivity index (χ0) is 14.4. The average molecular weight is 282 g/mol. The summed E-state index contributed by atoms with van der Waals surface area (Å²) < 4.78 is 26.9. The first-order valence-electron chi connectivity index (χ1n) is 6.28. The van der Waals surface area contributed by atoms with Crippen molar-refractivity contribution in [2.45, 2.75) is 0 Å². The Morgan fingerprint density at radius 2 is 1.71 bits per heavy atom. The molecule has 0 spiro atoms. The zero-order valence-corrected chi connectivity index (χ0v) is 10.6. The van der Waals surface area contributed by atoms with Crippen LogP contribution in [0.1, 0.15) is 0 Å². The maximum absolute atomic E-state index is 13.7. The van der Waals surface area contributed by atoms with Crippen LogP contribution >= 0.6 is 0 Å². The predicted octanol–water partition coefficient (Wildman–Crippen LogP) is 3.45. The van der Waals surface area contributed by atoms with E-state index >= 15 is 0 Å². The first-order valence-corrected chi connectivity index (χ1v) is 6.28. The Hall–Kier alpha value is -2.89. The van der Waals surface area contributed by atoms with Crippen molar-refractivity contribution in [1.82, 2.24) is 19.9 Å². The summed E-state index contributed by atoms with van der Waals surface area (Å²) in [6, 6.07) is 9.91. The molecule has 0 aliphatic rings. The molecule has 0 aliphatic heterocycles. The van der Waals surface area contributed by atoms with Crippen molar-refractivity contribution in [2.24, 2.45) is 0 Å². The van der Waals surface area contributed by atoms with Crippen LogP contribution in [0.15, 0.2) is 42.6 Å². The summed E-state index contributed by atoms with van der Waals surface area (Å²) in [4.78, 5) is 15.7. The van der Waals surface area contributed by atoms with Crippen LogP contribution in [0.25, 0.3) is 33.6 Å². The number of fused-ring (bicyclic) bond motifs is 2. The maximum Gasteiger partial charge on any atom is 0.186 e. The summed E-state index contributed by atoms with van der Waals surface area (Å²) in [6.45, 7) is 0. The van der Waals surface area contributed by atoms with Gasteiger partial charge in [-0.15, -0.1) is 0 Å². The summed E-state index contributed by atoms with van der Waals surface area (Å²) in [5.74, 6) is -1.54. The van der Waals surface area contributed by atoms with E-state index < -0.39 is 11.6 Å². The van der Waals surface area contributed by atoms with Crippen LogP contribution in [0, 0.1) is 11.6 Å². The molecule has 0 radical (unpaired) electrons. The molecular formula is C15H8F2N4. The van der Waals surface area contributed by atoms with Gasteiger partial charge in [-0.2, -0.15) is 0 Å². The molecule has 0 fully saturated rings. The van der Waals surface area contributed by atoms with Gasteiger partial charge in [0.2, 0.25) is 0 Å². The lowest BCUT2D eigenvalue weighted by molar-refractivity contribution is 0.515. The lowest BCUT2D eigenvalue weighted by Gasteiger charge is -1.98. The quantitative estimate of drug-likeness (QED) is 0.581. The van der Waals surface area contributed by atoms with Crippen LogP contribution in [-0.2, 0) is 0 Å². The van der Waals surface area contributed by atoms with Gasteiger partial charge in [-0.1, -0.05) is 12.1 Å². The van der Waals surface area contributed by atoms with Crippen LogP contribution in [0.2, 0.25) is 0 Å². The molecule has 4 aromatic rings. The lowest BCUT2D eigenvalue weighted by Crippen LogP contribution is -1.89. The number of benzene rings is 2. The second kappa shape index (κ2) is 4.31. The summed E-state index contributed by atoms with van der Waals surface area (Å²) in [7, 11) is 0. The molecule has 4 rings (SSSR count). The number of imidazole rings is 1. The second-order valence-corrected chi connectivity index (χ2v) is 4.59. The normalized spacial score (nSPS) is 11.3. The number of aromatic amines is 1. The second-order valence-electron chi connectivity index (χ2n) is 4.59. The Labute approximate surface area is 117 Å². The molecule has 4 nitrogen and oxygen atoms in total. The van der Waals surface area contributed by atoms with E-state index in [0.717, 1.165) is 11.6 Å². The number of halogens is 2. The van der Waals surface area contributed by atoms with E-state index in [9.17, 15) is 8.78 Å². The van der Waals surface area contributed by atoms with Crippen LogP contribution in [-0.4, -0.2) is 19.9 Å². The van der Waals surface area contributed by atoms with Crippen LogP contribution in [0.4, 0.5) is 8.78 Å². The van der Waals surface area contributed by atoms with Crippen molar-refractivity contribution in [2.75, 3.05) is 0 Å². The van der Waals surface area contributed by atoms with Gasteiger partial charge >= 0.3 is 0 Å². The van der Waals surface area contributed by atoms with Gasteiger partial charge in [0.15, 0.2) is 17.5 Å². The first kappa shape index (κ1) is 11.9. The van der Waals surface area contributed by atoms with Gasteiger partial charge in [-0.25, -0.2) is 18.7 Å². The molecule has 2 aromatic carbocycles.